The van der Waals surface area contributed by atoms with Crippen LogP contribution in [0.5, 0.6) is 11.5 Å². The van der Waals surface area contributed by atoms with Gasteiger partial charge in [-0.3, -0.25) is 19.3 Å². The number of rotatable bonds is 6. The zero-order valence-electron chi connectivity index (χ0n) is 19.9. The standard InChI is InChI=1S/C26H30N4O5/c1-18-2-5-21(6-3-18)30-16-20(15-24(30)31)26(33)29-12-10-28(11-13-29)9-8-27-25(32)19-4-7-22-23(14-19)35-17-34-22/h2-7,14,20H,8-13,15-17H2,1H3,(H,27,32). The van der Waals surface area contributed by atoms with E-state index in [2.05, 4.69) is 10.2 Å². The molecule has 1 atom stereocenters. The fraction of sp³-hybridized carbons (Fsp3) is 0.423. The van der Waals surface area contributed by atoms with Crippen molar-refractivity contribution in [2.45, 2.75) is 13.3 Å². The molecule has 0 bridgehead atoms. The Bertz CT molecular complexity index is 1110. The van der Waals surface area contributed by atoms with E-state index in [0.29, 0.717) is 49.8 Å². The van der Waals surface area contributed by atoms with Crippen molar-refractivity contribution in [3.63, 3.8) is 0 Å². The van der Waals surface area contributed by atoms with Gasteiger partial charge in [-0.25, -0.2) is 0 Å². The molecular weight excluding hydrogens is 448 g/mol. The summed E-state index contributed by atoms with van der Waals surface area (Å²) >= 11 is 0. The summed E-state index contributed by atoms with van der Waals surface area (Å²) in [6, 6.07) is 13.0. The van der Waals surface area contributed by atoms with Gasteiger partial charge in [0, 0.05) is 63.5 Å². The van der Waals surface area contributed by atoms with Gasteiger partial charge in [-0.15, -0.1) is 0 Å². The molecular formula is C26H30N4O5. The van der Waals surface area contributed by atoms with Gasteiger partial charge in [0.1, 0.15) is 0 Å². The van der Waals surface area contributed by atoms with E-state index in [0.717, 1.165) is 24.3 Å². The number of aryl methyl sites for hydroxylation is 1. The smallest absolute Gasteiger partial charge is 0.251 e. The van der Waals surface area contributed by atoms with Gasteiger partial charge >= 0.3 is 0 Å². The van der Waals surface area contributed by atoms with Crippen molar-refractivity contribution >= 4 is 23.4 Å². The summed E-state index contributed by atoms with van der Waals surface area (Å²) in [6.45, 7) is 6.60. The van der Waals surface area contributed by atoms with E-state index < -0.39 is 0 Å². The average molecular weight is 479 g/mol. The van der Waals surface area contributed by atoms with Crippen molar-refractivity contribution in [1.29, 1.82) is 0 Å². The zero-order valence-corrected chi connectivity index (χ0v) is 19.9. The number of carbonyl (C=O) groups excluding carboxylic acids is 3. The van der Waals surface area contributed by atoms with E-state index in [9.17, 15) is 14.4 Å². The second-order valence-corrected chi connectivity index (χ2v) is 9.23. The lowest BCUT2D eigenvalue weighted by Crippen LogP contribution is -2.51. The molecule has 3 aliphatic heterocycles. The van der Waals surface area contributed by atoms with Crippen molar-refractivity contribution in [2.24, 2.45) is 5.92 Å². The number of fused-ring (bicyclic) bond motifs is 1. The van der Waals surface area contributed by atoms with Crippen molar-refractivity contribution in [3.05, 3.63) is 53.6 Å². The maximum Gasteiger partial charge on any atom is 0.251 e. The number of hydrogen-bond acceptors (Lipinski definition) is 6. The number of nitrogens with one attached hydrogen (secondary N) is 1. The van der Waals surface area contributed by atoms with Gasteiger partial charge < -0.3 is 24.6 Å². The Labute approximate surface area is 204 Å². The minimum absolute atomic E-state index is 0.00374. The first kappa shape index (κ1) is 23.2. The summed E-state index contributed by atoms with van der Waals surface area (Å²) in [6.07, 6.45) is 0.263. The molecule has 184 valence electrons. The predicted octanol–water partition coefficient (Wildman–Crippen LogP) is 1.65. The van der Waals surface area contributed by atoms with Crippen LogP contribution < -0.4 is 19.7 Å². The average Bonchev–Trinajstić information content (AvgIpc) is 3.50. The first-order valence-corrected chi connectivity index (χ1v) is 12.0. The van der Waals surface area contributed by atoms with E-state index in [-0.39, 0.29) is 36.9 Å². The van der Waals surface area contributed by atoms with Gasteiger partial charge in [-0.1, -0.05) is 17.7 Å². The first-order chi connectivity index (χ1) is 17.0. The molecule has 35 heavy (non-hydrogen) atoms. The summed E-state index contributed by atoms with van der Waals surface area (Å²) in [5, 5.41) is 2.94. The van der Waals surface area contributed by atoms with Crippen LogP contribution in [0.4, 0.5) is 5.69 Å². The monoisotopic (exact) mass is 478 g/mol. The minimum Gasteiger partial charge on any atom is -0.454 e. The Morgan fingerprint density at radius 2 is 1.74 bits per heavy atom. The Hall–Kier alpha value is -3.59. The third kappa shape index (κ3) is 5.09. The highest BCUT2D eigenvalue weighted by Gasteiger charge is 2.37. The lowest BCUT2D eigenvalue weighted by Gasteiger charge is -2.35. The molecule has 0 aromatic heterocycles. The van der Waals surface area contributed by atoms with Gasteiger partial charge in [0.15, 0.2) is 11.5 Å². The van der Waals surface area contributed by atoms with Crippen LogP contribution in [-0.2, 0) is 9.59 Å². The van der Waals surface area contributed by atoms with Gasteiger partial charge in [0.05, 0.1) is 5.92 Å². The van der Waals surface area contributed by atoms with Crippen LogP contribution in [0.1, 0.15) is 22.3 Å². The fourth-order valence-electron chi connectivity index (χ4n) is 4.76. The fourth-order valence-corrected chi connectivity index (χ4v) is 4.76. The number of nitrogens with zero attached hydrogens (tertiary/aromatic N) is 3. The van der Waals surface area contributed by atoms with Crippen LogP contribution >= 0.6 is 0 Å². The highest BCUT2D eigenvalue weighted by molar-refractivity contribution is 6.00. The maximum absolute atomic E-state index is 13.1. The van der Waals surface area contributed by atoms with Crippen molar-refractivity contribution in [3.8, 4) is 11.5 Å². The lowest BCUT2D eigenvalue weighted by atomic mass is 10.1. The van der Waals surface area contributed by atoms with Gasteiger partial charge in [-0.2, -0.15) is 0 Å². The van der Waals surface area contributed by atoms with E-state index in [1.54, 1.807) is 23.1 Å². The molecule has 2 fully saturated rings. The molecule has 3 heterocycles. The molecule has 9 heteroatoms. The number of ether oxygens (including phenoxy) is 2. The predicted molar refractivity (Wildman–Crippen MR) is 130 cm³/mol. The summed E-state index contributed by atoms with van der Waals surface area (Å²) < 4.78 is 10.6. The van der Waals surface area contributed by atoms with E-state index in [1.807, 2.05) is 36.1 Å². The molecule has 2 saturated heterocycles. The molecule has 1 N–H and O–H groups in total. The molecule has 0 saturated carbocycles. The van der Waals surface area contributed by atoms with Crippen molar-refractivity contribution < 1.29 is 23.9 Å². The third-order valence-electron chi connectivity index (χ3n) is 6.85. The summed E-state index contributed by atoms with van der Waals surface area (Å²) in [7, 11) is 0. The number of anilines is 1. The Morgan fingerprint density at radius 1 is 1.00 bits per heavy atom. The van der Waals surface area contributed by atoms with E-state index >= 15 is 0 Å². The van der Waals surface area contributed by atoms with Gasteiger partial charge in [-0.05, 0) is 37.3 Å². The number of carbonyl (C=O) groups is 3. The Kier molecular flexibility index (Phi) is 6.59. The first-order valence-electron chi connectivity index (χ1n) is 12.0. The zero-order chi connectivity index (χ0) is 24.4. The second-order valence-electron chi connectivity index (χ2n) is 9.23. The van der Waals surface area contributed by atoms with Crippen LogP contribution in [0.25, 0.3) is 0 Å². The normalized spacial score (nSPS) is 19.8. The molecule has 0 radical (unpaired) electrons. The van der Waals surface area contributed by atoms with Crippen LogP contribution in [0.15, 0.2) is 42.5 Å². The second kappa shape index (κ2) is 9.95. The van der Waals surface area contributed by atoms with Gasteiger partial charge in [0.25, 0.3) is 5.91 Å². The van der Waals surface area contributed by atoms with E-state index in [4.69, 9.17) is 9.47 Å². The number of hydrogen-bond donors (Lipinski definition) is 1. The third-order valence-corrected chi connectivity index (χ3v) is 6.85. The Morgan fingerprint density at radius 3 is 2.51 bits per heavy atom. The summed E-state index contributed by atoms with van der Waals surface area (Å²) in [5.74, 6) is 0.855. The SMILES string of the molecule is Cc1ccc(N2CC(C(=O)N3CCN(CCNC(=O)c4ccc5c(c4)OCO5)CC3)CC2=O)cc1. The van der Waals surface area contributed by atoms with Crippen molar-refractivity contribution in [1.82, 2.24) is 15.1 Å². The summed E-state index contributed by atoms with van der Waals surface area (Å²) in [4.78, 5) is 43.9. The molecule has 0 aliphatic carbocycles. The molecule has 2 aromatic rings. The lowest BCUT2D eigenvalue weighted by molar-refractivity contribution is -0.137. The van der Waals surface area contributed by atoms with Crippen LogP contribution in [0.3, 0.4) is 0 Å². The molecule has 5 rings (SSSR count). The van der Waals surface area contributed by atoms with E-state index in [1.165, 1.54) is 0 Å². The molecule has 9 nitrogen and oxygen atoms in total. The highest BCUT2D eigenvalue weighted by atomic mass is 16.7. The number of amides is 3. The largest absolute Gasteiger partial charge is 0.454 e. The minimum atomic E-state index is -0.295. The quantitative estimate of drug-likeness (QED) is 0.679. The van der Waals surface area contributed by atoms with Crippen LogP contribution in [-0.4, -0.2) is 80.1 Å². The van der Waals surface area contributed by atoms with Gasteiger partial charge in [0.2, 0.25) is 18.6 Å². The van der Waals surface area contributed by atoms with Crippen molar-refractivity contribution in [2.75, 3.05) is 57.5 Å². The Balaban J connectivity index is 1.05. The molecule has 0 spiro atoms. The maximum atomic E-state index is 13.1. The molecule has 1 unspecified atom stereocenters. The topological polar surface area (TPSA) is 91.4 Å². The van der Waals surface area contributed by atoms with Crippen LogP contribution in [0.2, 0.25) is 0 Å². The van der Waals surface area contributed by atoms with Crippen LogP contribution in [0, 0.1) is 12.8 Å². The summed E-state index contributed by atoms with van der Waals surface area (Å²) in [5.41, 5.74) is 2.53. The molecule has 2 aromatic carbocycles. The highest BCUT2D eigenvalue weighted by Crippen LogP contribution is 2.32. The number of benzene rings is 2. The molecule has 3 aliphatic rings. The number of piperazine rings is 1. The molecule has 3 amide bonds.